The van der Waals surface area contributed by atoms with Crippen LogP contribution in [0.25, 0.3) is 0 Å². The Morgan fingerprint density at radius 3 is 2.33 bits per heavy atom. The molecule has 1 aliphatic heterocycles. The van der Waals surface area contributed by atoms with Gasteiger partial charge in [-0.2, -0.15) is 0 Å². The van der Waals surface area contributed by atoms with Gasteiger partial charge in [-0.1, -0.05) is 0 Å². The summed E-state index contributed by atoms with van der Waals surface area (Å²) in [6, 6.07) is -0.753. The fourth-order valence-corrected chi connectivity index (χ4v) is 2.54. The van der Waals surface area contributed by atoms with Gasteiger partial charge in [-0.25, -0.2) is 4.99 Å². The number of primary amides is 1. The predicted molar refractivity (Wildman–Crippen MR) is 79.0 cm³/mol. The molecule has 21 heavy (non-hydrogen) atoms. The van der Waals surface area contributed by atoms with Gasteiger partial charge in [0.05, 0.1) is 0 Å². The summed E-state index contributed by atoms with van der Waals surface area (Å²) in [4.78, 5) is 28.9. The predicted octanol–water partition coefficient (Wildman–Crippen LogP) is -1.49. The molecular weight excluding hydrogens is 274 g/mol. The minimum absolute atomic E-state index is 0.0637. The Hall–Kier alpha value is -1.83. The maximum absolute atomic E-state index is 12.4. The maximum Gasteiger partial charge on any atom is 0.247 e. The van der Waals surface area contributed by atoms with Crippen LogP contribution < -0.4 is 17.2 Å². The normalized spacial score (nSPS) is 17.3. The second-order valence-corrected chi connectivity index (χ2v) is 5.36. The zero-order chi connectivity index (χ0) is 15.8. The number of aliphatic hydroxyl groups excluding tert-OH is 1. The number of hydrogen-bond acceptors (Lipinski definition) is 4. The molecule has 0 aromatic carbocycles. The molecular formula is C13H25N5O3. The second kappa shape index (κ2) is 8.46. The Kier molecular flexibility index (Phi) is 6.93. The van der Waals surface area contributed by atoms with Gasteiger partial charge in [-0.3, -0.25) is 9.59 Å². The SMILES string of the molecule is NC(=O)CCC(N=C(N)N)C(=O)N1CCC(CCO)CC1. The molecule has 0 aromatic rings. The Morgan fingerprint density at radius 1 is 1.24 bits per heavy atom. The molecule has 1 aliphatic rings. The van der Waals surface area contributed by atoms with Crippen molar-refractivity contribution in [3.05, 3.63) is 0 Å². The summed E-state index contributed by atoms with van der Waals surface area (Å²) in [7, 11) is 0. The van der Waals surface area contributed by atoms with Gasteiger partial charge in [0.15, 0.2) is 5.96 Å². The van der Waals surface area contributed by atoms with E-state index in [1.807, 2.05) is 0 Å². The van der Waals surface area contributed by atoms with E-state index in [-0.39, 0.29) is 31.3 Å². The average Bonchev–Trinajstić information content (AvgIpc) is 2.43. The monoisotopic (exact) mass is 299 g/mol. The number of carbonyl (C=O) groups is 2. The number of guanidine groups is 1. The van der Waals surface area contributed by atoms with Crippen LogP contribution in [-0.2, 0) is 9.59 Å². The van der Waals surface area contributed by atoms with Gasteiger partial charge in [0.1, 0.15) is 6.04 Å². The number of likely N-dealkylation sites (tertiary alicyclic amines) is 1. The fraction of sp³-hybridized carbons (Fsp3) is 0.769. The third-order valence-corrected chi connectivity index (χ3v) is 3.72. The molecule has 1 unspecified atom stereocenters. The molecule has 1 atom stereocenters. The van der Waals surface area contributed by atoms with Crippen LogP contribution in [0.2, 0.25) is 0 Å². The molecule has 0 bridgehead atoms. The Morgan fingerprint density at radius 2 is 1.86 bits per heavy atom. The number of piperidine rings is 1. The first-order valence-electron chi connectivity index (χ1n) is 7.20. The van der Waals surface area contributed by atoms with E-state index in [0.29, 0.717) is 19.0 Å². The van der Waals surface area contributed by atoms with E-state index in [1.165, 1.54) is 0 Å². The molecule has 1 heterocycles. The summed E-state index contributed by atoms with van der Waals surface area (Å²) < 4.78 is 0. The van der Waals surface area contributed by atoms with Gasteiger partial charge < -0.3 is 27.2 Å². The maximum atomic E-state index is 12.4. The van der Waals surface area contributed by atoms with E-state index in [1.54, 1.807) is 4.90 Å². The molecule has 0 aromatic heterocycles. The highest BCUT2D eigenvalue weighted by Crippen LogP contribution is 2.21. The topological polar surface area (TPSA) is 148 Å². The first-order chi connectivity index (χ1) is 9.93. The van der Waals surface area contributed by atoms with Gasteiger partial charge in [-0.15, -0.1) is 0 Å². The van der Waals surface area contributed by atoms with Crippen LogP contribution in [0.5, 0.6) is 0 Å². The molecule has 0 saturated carbocycles. The third-order valence-electron chi connectivity index (χ3n) is 3.72. The van der Waals surface area contributed by atoms with Crippen LogP contribution in [0.1, 0.15) is 32.1 Å². The molecule has 0 aliphatic carbocycles. The van der Waals surface area contributed by atoms with Crippen LogP contribution in [0.3, 0.4) is 0 Å². The van der Waals surface area contributed by atoms with Gasteiger partial charge >= 0.3 is 0 Å². The standard InChI is InChI=1S/C13H25N5O3/c14-11(20)2-1-10(17-13(15)16)12(21)18-6-3-9(4-7-18)5-8-19/h9-10,19H,1-8H2,(H2,14,20)(H4,15,16,17). The molecule has 0 radical (unpaired) electrons. The summed E-state index contributed by atoms with van der Waals surface area (Å²) in [5.74, 6) is -0.383. The van der Waals surface area contributed by atoms with Crippen LogP contribution in [0.4, 0.5) is 0 Å². The largest absolute Gasteiger partial charge is 0.396 e. The number of aliphatic imine (C=N–C) groups is 1. The van der Waals surface area contributed by atoms with Crippen molar-refractivity contribution in [2.24, 2.45) is 28.1 Å². The molecule has 1 rings (SSSR count). The lowest BCUT2D eigenvalue weighted by atomic mass is 9.93. The summed E-state index contributed by atoms with van der Waals surface area (Å²) in [6.45, 7) is 1.42. The lowest BCUT2D eigenvalue weighted by Crippen LogP contribution is -2.44. The van der Waals surface area contributed by atoms with Crippen molar-refractivity contribution in [2.75, 3.05) is 19.7 Å². The van der Waals surface area contributed by atoms with Crippen LogP contribution in [0.15, 0.2) is 4.99 Å². The summed E-state index contributed by atoms with van der Waals surface area (Å²) in [6.07, 6.45) is 2.76. The highest BCUT2D eigenvalue weighted by molar-refractivity contribution is 5.86. The summed E-state index contributed by atoms with van der Waals surface area (Å²) >= 11 is 0. The Balaban J connectivity index is 2.60. The van der Waals surface area contributed by atoms with Crippen molar-refractivity contribution in [1.29, 1.82) is 0 Å². The van der Waals surface area contributed by atoms with E-state index in [4.69, 9.17) is 22.3 Å². The third kappa shape index (κ3) is 5.99. The number of aliphatic hydroxyl groups is 1. The van der Waals surface area contributed by atoms with Gasteiger partial charge in [-0.05, 0) is 31.6 Å². The zero-order valence-corrected chi connectivity index (χ0v) is 12.2. The van der Waals surface area contributed by atoms with Gasteiger partial charge in [0.2, 0.25) is 11.8 Å². The van der Waals surface area contributed by atoms with E-state index in [2.05, 4.69) is 4.99 Å². The molecule has 8 nitrogen and oxygen atoms in total. The second-order valence-electron chi connectivity index (χ2n) is 5.36. The number of carbonyl (C=O) groups excluding carboxylic acids is 2. The van der Waals surface area contributed by atoms with Crippen LogP contribution >= 0.6 is 0 Å². The smallest absolute Gasteiger partial charge is 0.247 e. The minimum atomic E-state index is -0.753. The Bertz CT molecular complexity index is 387. The zero-order valence-electron chi connectivity index (χ0n) is 12.2. The molecule has 1 saturated heterocycles. The van der Waals surface area contributed by atoms with E-state index in [0.717, 1.165) is 19.3 Å². The van der Waals surface area contributed by atoms with Crippen molar-refractivity contribution < 1.29 is 14.7 Å². The van der Waals surface area contributed by atoms with Crippen molar-refractivity contribution in [1.82, 2.24) is 4.90 Å². The Labute approximate surface area is 124 Å². The lowest BCUT2D eigenvalue weighted by Gasteiger charge is -2.33. The molecule has 1 fully saturated rings. The summed E-state index contributed by atoms with van der Waals surface area (Å²) in [5.41, 5.74) is 15.8. The van der Waals surface area contributed by atoms with E-state index < -0.39 is 11.9 Å². The van der Waals surface area contributed by atoms with Crippen molar-refractivity contribution in [2.45, 2.75) is 38.1 Å². The highest BCUT2D eigenvalue weighted by atomic mass is 16.3. The average molecular weight is 299 g/mol. The van der Waals surface area contributed by atoms with Crippen molar-refractivity contribution in [3.8, 4) is 0 Å². The van der Waals surface area contributed by atoms with Crippen LogP contribution in [-0.4, -0.2) is 53.5 Å². The van der Waals surface area contributed by atoms with Crippen molar-refractivity contribution >= 4 is 17.8 Å². The number of nitrogens with two attached hydrogens (primary N) is 3. The quantitative estimate of drug-likeness (QED) is 0.334. The molecule has 0 spiro atoms. The number of nitrogens with zero attached hydrogens (tertiary/aromatic N) is 2. The lowest BCUT2D eigenvalue weighted by molar-refractivity contribution is -0.134. The van der Waals surface area contributed by atoms with Gasteiger partial charge in [0, 0.05) is 26.1 Å². The number of rotatable bonds is 7. The fourth-order valence-electron chi connectivity index (χ4n) is 2.54. The number of amides is 2. The molecule has 8 heteroatoms. The minimum Gasteiger partial charge on any atom is -0.396 e. The van der Waals surface area contributed by atoms with Crippen molar-refractivity contribution in [3.63, 3.8) is 0 Å². The summed E-state index contributed by atoms with van der Waals surface area (Å²) in [5, 5.41) is 8.93. The van der Waals surface area contributed by atoms with Crippen LogP contribution in [0, 0.1) is 5.92 Å². The van der Waals surface area contributed by atoms with E-state index in [9.17, 15) is 9.59 Å². The molecule has 120 valence electrons. The number of hydrogen-bond donors (Lipinski definition) is 4. The van der Waals surface area contributed by atoms with E-state index >= 15 is 0 Å². The first kappa shape index (κ1) is 17.2. The molecule has 2 amide bonds. The first-order valence-corrected chi connectivity index (χ1v) is 7.20. The highest BCUT2D eigenvalue weighted by Gasteiger charge is 2.28. The molecule has 7 N–H and O–H groups in total. The van der Waals surface area contributed by atoms with Gasteiger partial charge in [0.25, 0.3) is 0 Å².